The lowest BCUT2D eigenvalue weighted by atomic mass is 10.0. The quantitative estimate of drug-likeness (QED) is 0.778. The molecule has 1 atom stereocenters. The molecule has 0 spiro atoms. The van der Waals surface area contributed by atoms with Crippen molar-refractivity contribution in [1.29, 1.82) is 0 Å². The van der Waals surface area contributed by atoms with Crippen molar-refractivity contribution in [2.75, 3.05) is 13.1 Å². The molecule has 0 aliphatic heterocycles. The van der Waals surface area contributed by atoms with E-state index < -0.39 is 0 Å². The van der Waals surface area contributed by atoms with Crippen LogP contribution < -0.4 is 11.1 Å². The molecular weight excluding hydrogens is 231 g/mol. The van der Waals surface area contributed by atoms with E-state index in [1.807, 2.05) is 0 Å². The van der Waals surface area contributed by atoms with Gasteiger partial charge in [0.25, 0.3) is 0 Å². The van der Waals surface area contributed by atoms with Crippen molar-refractivity contribution in [3.05, 3.63) is 35.6 Å². The third-order valence-electron chi connectivity index (χ3n) is 3.02. The van der Waals surface area contributed by atoms with Crippen LogP contribution >= 0.6 is 0 Å². The molecule has 18 heavy (non-hydrogen) atoms. The molecule has 0 heterocycles. The lowest BCUT2D eigenvalue weighted by Gasteiger charge is -2.14. The van der Waals surface area contributed by atoms with E-state index in [1.54, 1.807) is 12.1 Å². The summed E-state index contributed by atoms with van der Waals surface area (Å²) in [4.78, 5) is 11.7. The van der Waals surface area contributed by atoms with Crippen LogP contribution in [0.3, 0.4) is 0 Å². The molecule has 0 saturated carbocycles. The summed E-state index contributed by atoms with van der Waals surface area (Å²) in [7, 11) is 0. The molecule has 1 unspecified atom stereocenters. The van der Waals surface area contributed by atoms with Gasteiger partial charge in [0.15, 0.2) is 0 Å². The van der Waals surface area contributed by atoms with E-state index in [0.29, 0.717) is 25.4 Å². The first-order valence-corrected chi connectivity index (χ1v) is 6.37. The number of hydrogen-bond donors (Lipinski definition) is 2. The van der Waals surface area contributed by atoms with Gasteiger partial charge >= 0.3 is 0 Å². The van der Waals surface area contributed by atoms with Gasteiger partial charge in [0, 0.05) is 6.54 Å². The average molecular weight is 252 g/mol. The first-order chi connectivity index (χ1) is 8.65. The molecule has 0 bridgehead atoms. The van der Waals surface area contributed by atoms with Crippen molar-refractivity contribution < 1.29 is 9.18 Å². The zero-order chi connectivity index (χ0) is 13.4. The van der Waals surface area contributed by atoms with E-state index in [-0.39, 0.29) is 11.7 Å². The largest absolute Gasteiger partial charge is 0.356 e. The zero-order valence-corrected chi connectivity index (χ0v) is 10.8. The fraction of sp³-hybridized carbons (Fsp3) is 0.500. The molecule has 100 valence electrons. The van der Waals surface area contributed by atoms with Crippen molar-refractivity contribution in [3.8, 4) is 0 Å². The van der Waals surface area contributed by atoms with Crippen molar-refractivity contribution >= 4 is 5.91 Å². The number of halogens is 1. The summed E-state index contributed by atoms with van der Waals surface area (Å²) in [6, 6.07) is 6.00. The van der Waals surface area contributed by atoms with E-state index in [1.165, 1.54) is 12.1 Å². The molecule has 0 aliphatic carbocycles. The molecule has 0 saturated heterocycles. The van der Waals surface area contributed by atoms with Gasteiger partial charge in [-0.05, 0) is 36.6 Å². The van der Waals surface area contributed by atoms with E-state index >= 15 is 0 Å². The molecule has 3 nitrogen and oxygen atoms in total. The minimum Gasteiger partial charge on any atom is -0.356 e. The molecule has 1 aromatic rings. The second-order valence-electron chi connectivity index (χ2n) is 4.46. The first kappa shape index (κ1) is 14.6. The van der Waals surface area contributed by atoms with Crippen LogP contribution in [-0.4, -0.2) is 19.0 Å². The molecular formula is C14H21FN2O. The Morgan fingerprint density at radius 3 is 2.61 bits per heavy atom. The Morgan fingerprint density at radius 1 is 1.39 bits per heavy atom. The summed E-state index contributed by atoms with van der Waals surface area (Å²) in [6.45, 7) is 3.40. The van der Waals surface area contributed by atoms with Gasteiger partial charge in [-0.2, -0.15) is 0 Å². The number of benzene rings is 1. The van der Waals surface area contributed by atoms with Crippen LogP contribution in [0.4, 0.5) is 4.39 Å². The highest BCUT2D eigenvalue weighted by Crippen LogP contribution is 2.06. The van der Waals surface area contributed by atoms with Gasteiger partial charge in [-0.1, -0.05) is 25.5 Å². The molecule has 1 aromatic carbocycles. The lowest BCUT2D eigenvalue weighted by molar-refractivity contribution is -0.120. The second-order valence-corrected chi connectivity index (χ2v) is 4.46. The number of carbonyl (C=O) groups excluding carboxylic acids is 1. The lowest BCUT2D eigenvalue weighted by Crippen LogP contribution is -2.31. The zero-order valence-electron chi connectivity index (χ0n) is 10.8. The van der Waals surface area contributed by atoms with Gasteiger partial charge in [0.05, 0.1) is 6.42 Å². The van der Waals surface area contributed by atoms with Crippen LogP contribution in [0, 0.1) is 11.7 Å². The Kier molecular flexibility index (Phi) is 6.36. The third kappa shape index (κ3) is 5.27. The molecule has 0 radical (unpaired) electrons. The predicted molar refractivity (Wildman–Crippen MR) is 70.6 cm³/mol. The maximum atomic E-state index is 12.7. The van der Waals surface area contributed by atoms with Crippen molar-refractivity contribution in [2.45, 2.75) is 26.2 Å². The smallest absolute Gasteiger partial charge is 0.224 e. The van der Waals surface area contributed by atoms with Crippen LogP contribution in [0.5, 0.6) is 0 Å². The first-order valence-electron chi connectivity index (χ1n) is 6.37. The van der Waals surface area contributed by atoms with Gasteiger partial charge in [0.1, 0.15) is 5.82 Å². The molecule has 0 aliphatic rings. The van der Waals surface area contributed by atoms with E-state index in [0.717, 1.165) is 18.4 Å². The highest BCUT2D eigenvalue weighted by Gasteiger charge is 2.08. The summed E-state index contributed by atoms with van der Waals surface area (Å²) in [5.74, 6) is 0.123. The Hall–Kier alpha value is -1.42. The summed E-state index contributed by atoms with van der Waals surface area (Å²) in [5, 5.41) is 2.89. The predicted octanol–water partition coefficient (Wildman–Crippen LogP) is 1.86. The van der Waals surface area contributed by atoms with Crippen molar-refractivity contribution in [3.63, 3.8) is 0 Å². The molecule has 4 heteroatoms. The average Bonchev–Trinajstić information content (AvgIpc) is 2.37. The maximum Gasteiger partial charge on any atom is 0.224 e. The number of hydrogen-bond acceptors (Lipinski definition) is 2. The van der Waals surface area contributed by atoms with E-state index in [9.17, 15) is 9.18 Å². The maximum absolute atomic E-state index is 12.7. The number of rotatable bonds is 7. The van der Waals surface area contributed by atoms with E-state index in [2.05, 4.69) is 12.2 Å². The Morgan fingerprint density at radius 2 is 2.06 bits per heavy atom. The number of carbonyl (C=O) groups is 1. The number of nitrogens with two attached hydrogens (primary N) is 1. The van der Waals surface area contributed by atoms with Gasteiger partial charge in [0.2, 0.25) is 5.91 Å². The van der Waals surface area contributed by atoms with E-state index in [4.69, 9.17) is 5.73 Å². The molecule has 1 amide bonds. The number of nitrogens with one attached hydrogen (secondary N) is 1. The normalized spacial score (nSPS) is 12.2. The molecule has 3 N–H and O–H groups in total. The summed E-state index contributed by atoms with van der Waals surface area (Å²) in [6.07, 6.45) is 2.22. The highest BCUT2D eigenvalue weighted by molar-refractivity contribution is 5.78. The summed E-state index contributed by atoms with van der Waals surface area (Å²) >= 11 is 0. The SMILES string of the molecule is CCC(CCN)CNC(=O)Cc1ccc(F)cc1. The fourth-order valence-electron chi connectivity index (χ4n) is 1.79. The van der Waals surface area contributed by atoms with Gasteiger partial charge in [-0.3, -0.25) is 4.79 Å². The van der Waals surface area contributed by atoms with Gasteiger partial charge in [-0.25, -0.2) is 4.39 Å². The van der Waals surface area contributed by atoms with Gasteiger partial charge < -0.3 is 11.1 Å². The van der Waals surface area contributed by atoms with Gasteiger partial charge in [-0.15, -0.1) is 0 Å². The van der Waals surface area contributed by atoms with Crippen LogP contribution in [-0.2, 0) is 11.2 Å². The Balaban J connectivity index is 2.35. The second kappa shape index (κ2) is 7.82. The fourth-order valence-corrected chi connectivity index (χ4v) is 1.79. The topological polar surface area (TPSA) is 55.1 Å². The van der Waals surface area contributed by atoms with Crippen molar-refractivity contribution in [2.24, 2.45) is 11.7 Å². The van der Waals surface area contributed by atoms with Crippen LogP contribution in [0.25, 0.3) is 0 Å². The van der Waals surface area contributed by atoms with Crippen LogP contribution in [0.15, 0.2) is 24.3 Å². The minimum atomic E-state index is -0.284. The standard InChI is InChI=1S/C14H21FN2O/c1-2-11(7-8-16)10-17-14(18)9-12-3-5-13(15)6-4-12/h3-6,11H,2,7-10,16H2,1H3,(H,17,18). The third-order valence-corrected chi connectivity index (χ3v) is 3.02. The van der Waals surface area contributed by atoms with Crippen molar-refractivity contribution in [1.82, 2.24) is 5.32 Å². The molecule has 0 fully saturated rings. The summed E-state index contributed by atoms with van der Waals surface area (Å²) in [5.41, 5.74) is 6.32. The molecule has 1 rings (SSSR count). The highest BCUT2D eigenvalue weighted by atomic mass is 19.1. The summed E-state index contributed by atoms with van der Waals surface area (Å²) < 4.78 is 12.7. The monoisotopic (exact) mass is 252 g/mol. The molecule has 0 aromatic heterocycles. The minimum absolute atomic E-state index is 0.0305. The Labute approximate surface area is 108 Å². The number of amides is 1. The van der Waals surface area contributed by atoms with Crippen LogP contribution in [0.1, 0.15) is 25.3 Å². The van der Waals surface area contributed by atoms with Crippen LogP contribution in [0.2, 0.25) is 0 Å². The Bertz CT molecular complexity index is 365.